The van der Waals surface area contributed by atoms with E-state index in [-0.39, 0.29) is 10.7 Å². The van der Waals surface area contributed by atoms with E-state index in [1.54, 1.807) is 0 Å². The molecule has 17 heavy (non-hydrogen) atoms. The van der Waals surface area contributed by atoms with Gasteiger partial charge in [0.25, 0.3) is 0 Å². The predicted molar refractivity (Wildman–Crippen MR) is 65.8 cm³/mol. The van der Waals surface area contributed by atoms with Gasteiger partial charge in [0.05, 0.1) is 11.9 Å². The molecular formula is C11H13N3O2S. The zero-order valence-electron chi connectivity index (χ0n) is 9.58. The normalized spacial score (nSPS) is 11.6. The van der Waals surface area contributed by atoms with Crippen LogP contribution in [-0.4, -0.2) is 24.5 Å². The number of nitrogens with two attached hydrogens (primary N) is 1. The second-order valence-corrected chi connectivity index (χ2v) is 5.85. The summed E-state index contributed by atoms with van der Waals surface area (Å²) in [6.45, 7) is 1.91. The van der Waals surface area contributed by atoms with Gasteiger partial charge in [-0.05, 0) is 18.6 Å². The van der Waals surface area contributed by atoms with Gasteiger partial charge in [-0.15, -0.1) is 0 Å². The van der Waals surface area contributed by atoms with Crippen LogP contribution in [0.15, 0.2) is 35.4 Å². The maximum atomic E-state index is 11.4. The van der Waals surface area contributed by atoms with E-state index in [1.807, 2.05) is 31.2 Å². The van der Waals surface area contributed by atoms with E-state index in [9.17, 15) is 8.42 Å². The molecule has 0 atom stereocenters. The number of aryl methyl sites for hydroxylation is 1. The van der Waals surface area contributed by atoms with Crippen molar-refractivity contribution in [1.29, 1.82) is 0 Å². The molecule has 0 amide bonds. The monoisotopic (exact) mass is 251 g/mol. The number of benzene rings is 1. The number of nitrogen functional groups attached to an aromatic ring is 1. The van der Waals surface area contributed by atoms with Gasteiger partial charge in [0.1, 0.15) is 10.7 Å². The number of rotatable bonds is 2. The van der Waals surface area contributed by atoms with Crippen molar-refractivity contribution in [3.63, 3.8) is 0 Å². The number of aromatic nitrogens is 2. The Morgan fingerprint density at radius 2 is 1.94 bits per heavy atom. The molecule has 6 heteroatoms. The lowest BCUT2D eigenvalue weighted by atomic mass is 10.2. The molecule has 0 radical (unpaired) electrons. The molecular weight excluding hydrogens is 238 g/mol. The molecule has 90 valence electrons. The quantitative estimate of drug-likeness (QED) is 0.869. The van der Waals surface area contributed by atoms with Crippen molar-refractivity contribution < 1.29 is 8.42 Å². The van der Waals surface area contributed by atoms with Crippen molar-refractivity contribution in [2.24, 2.45) is 0 Å². The summed E-state index contributed by atoms with van der Waals surface area (Å²) >= 11 is 0. The molecule has 0 saturated carbocycles. The molecule has 0 aliphatic rings. The van der Waals surface area contributed by atoms with Gasteiger partial charge in [-0.2, -0.15) is 5.10 Å². The molecule has 1 heterocycles. The predicted octanol–water partition coefficient (Wildman–Crippen LogP) is 1.17. The summed E-state index contributed by atoms with van der Waals surface area (Å²) in [6.07, 6.45) is 2.39. The van der Waals surface area contributed by atoms with Crippen LogP contribution in [0.2, 0.25) is 0 Å². The van der Waals surface area contributed by atoms with Crippen molar-refractivity contribution in [3.05, 3.63) is 36.0 Å². The fourth-order valence-electron chi connectivity index (χ4n) is 1.62. The molecule has 5 nitrogen and oxygen atoms in total. The van der Waals surface area contributed by atoms with E-state index in [0.29, 0.717) is 0 Å². The molecule has 0 aliphatic heterocycles. The Kier molecular flexibility index (Phi) is 2.66. The summed E-state index contributed by atoms with van der Waals surface area (Å²) in [6, 6.07) is 7.50. The Balaban J connectivity index is 2.64. The first-order valence-corrected chi connectivity index (χ1v) is 6.90. The SMILES string of the molecule is Cc1ccccc1-n1ncc(S(C)(=O)=O)c1N. The summed E-state index contributed by atoms with van der Waals surface area (Å²) in [5.41, 5.74) is 7.56. The van der Waals surface area contributed by atoms with Crippen molar-refractivity contribution in [1.82, 2.24) is 9.78 Å². The number of para-hydroxylation sites is 1. The van der Waals surface area contributed by atoms with Crippen LogP contribution in [0, 0.1) is 6.92 Å². The standard InChI is InChI=1S/C11H13N3O2S/c1-8-5-3-4-6-9(8)14-11(12)10(7-13-14)17(2,15)16/h3-7H,12H2,1-2H3. The molecule has 0 bridgehead atoms. The van der Waals surface area contributed by atoms with Crippen LogP contribution in [0.4, 0.5) is 5.82 Å². The van der Waals surface area contributed by atoms with E-state index in [0.717, 1.165) is 17.5 Å². The van der Waals surface area contributed by atoms with Gasteiger partial charge in [0.15, 0.2) is 9.84 Å². The highest BCUT2D eigenvalue weighted by Gasteiger charge is 2.18. The van der Waals surface area contributed by atoms with Crippen LogP contribution < -0.4 is 5.73 Å². The molecule has 0 unspecified atom stereocenters. The van der Waals surface area contributed by atoms with E-state index in [4.69, 9.17) is 5.73 Å². The average molecular weight is 251 g/mol. The molecule has 0 aliphatic carbocycles. The highest BCUT2D eigenvalue weighted by Crippen LogP contribution is 2.22. The van der Waals surface area contributed by atoms with Gasteiger partial charge in [0.2, 0.25) is 0 Å². The first-order chi connectivity index (χ1) is 7.91. The van der Waals surface area contributed by atoms with Crippen molar-refractivity contribution in [2.75, 3.05) is 12.0 Å². The van der Waals surface area contributed by atoms with E-state index >= 15 is 0 Å². The van der Waals surface area contributed by atoms with Crippen LogP contribution in [0.1, 0.15) is 5.56 Å². The van der Waals surface area contributed by atoms with Gasteiger partial charge in [-0.1, -0.05) is 18.2 Å². The van der Waals surface area contributed by atoms with Gasteiger partial charge < -0.3 is 5.73 Å². The fraction of sp³-hybridized carbons (Fsp3) is 0.182. The number of hydrogen-bond donors (Lipinski definition) is 1. The van der Waals surface area contributed by atoms with Crippen molar-refractivity contribution >= 4 is 15.7 Å². The Morgan fingerprint density at radius 3 is 2.47 bits per heavy atom. The van der Waals surface area contributed by atoms with Gasteiger partial charge >= 0.3 is 0 Å². The second kappa shape index (κ2) is 3.89. The van der Waals surface area contributed by atoms with Gasteiger partial charge in [-0.3, -0.25) is 0 Å². The van der Waals surface area contributed by atoms with Crippen LogP contribution in [-0.2, 0) is 9.84 Å². The minimum Gasteiger partial charge on any atom is -0.382 e. The summed E-state index contributed by atoms with van der Waals surface area (Å²) < 4.78 is 24.3. The second-order valence-electron chi connectivity index (χ2n) is 3.86. The van der Waals surface area contributed by atoms with Crippen LogP contribution in [0.3, 0.4) is 0 Å². The third kappa shape index (κ3) is 2.03. The maximum absolute atomic E-state index is 11.4. The number of hydrogen-bond acceptors (Lipinski definition) is 4. The van der Waals surface area contributed by atoms with E-state index < -0.39 is 9.84 Å². The molecule has 0 saturated heterocycles. The highest BCUT2D eigenvalue weighted by atomic mass is 32.2. The average Bonchev–Trinajstić information content (AvgIpc) is 2.60. The molecule has 2 N–H and O–H groups in total. The van der Waals surface area contributed by atoms with Crippen molar-refractivity contribution in [2.45, 2.75) is 11.8 Å². The Labute approximate surface area is 99.8 Å². The molecule has 2 aromatic rings. The third-order valence-electron chi connectivity index (χ3n) is 2.51. The first-order valence-electron chi connectivity index (χ1n) is 5.01. The third-order valence-corrected chi connectivity index (χ3v) is 3.63. The number of anilines is 1. The Morgan fingerprint density at radius 1 is 1.29 bits per heavy atom. The largest absolute Gasteiger partial charge is 0.382 e. The van der Waals surface area contributed by atoms with Crippen LogP contribution in [0.5, 0.6) is 0 Å². The molecule has 0 spiro atoms. The van der Waals surface area contributed by atoms with Crippen LogP contribution in [0.25, 0.3) is 5.69 Å². The Hall–Kier alpha value is -1.82. The summed E-state index contributed by atoms with van der Waals surface area (Å²) in [5.74, 6) is 0.141. The highest BCUT2D eigenvalue weighted by molar-refractivity contribution is 7.90. The smallest absolute Gasteiger partial charge is 0.180 e. The minimum absolute atomic E-state index is 0.0563. The number of nitrogens with zero attached hydrogens (tertiary/aromatic N) is 2. The molecule has 1 aromatic carbocycles. The Bertz CT molecular complexity index is 659. The number of sulfone groups is 1. The molecule has 2 rings (SSSR count). The minimum atomic E-state index is -3.34. The summed E-state index contributed by atoms with van der Waals surface area (Å²) in [4.78, 5) is 0.0563. The molecule has 0 fully saturated rings. The zero-order valence-corrected chi connectivity index (χ0v) is 10.4. The first kappa shape index (κ1) is 11.7. The lowest BCUT2D eigenvalue weighted by molar-refractivity contribution is 0.602. The lowest BCUT2D eigenvalue weighted by Gasteiger charge is -2.07. The van der Waals surface area contributed by atoms with E-state index in [1.165, 1.54) is 10.9 Å². The van der Waals surface area contributed by atoms with Crippen molar-refractivity contribution in [3.8, 4) is 5.69 Å². The lowest BCUT2D eigenvalue weighted by Crippen LogP contribution is -2.06. The van der Waals surface area contributed by atoms with Crippen LogP contribution >= 0.6 is 0 Å². The summed E-state index contributed by atoms with van der Waals surface area (Å²) in [7, 11) is -3.34. The fourth-order valence-corrected chi connectivity index (χ4v) is 2.33. The zero-order chi connectivity index (χ0) is 12.6. The van der Waals surface area contributed by atoms with Gasteiger partial charge in [-0.25, -0.2) is 13.1 Å². The molecule has 1 aromatic heterocycles. The van der Waals surface area contributed by atoms with E-state index in [2.05, 4.69) is 5.10 Å². The topological polar surface area (TPSA) is 78.0 Å². The maximum Gasteiger partial charge on any atom is 0.180 e. The summed E-state index contributed by atoms with van der Waals surface area (Å²) in [5, 5.41) is 4.03. The van der Waals surface area contributed by atoms with Gasteiger partial charge in [0, 0.05) is 6.26 Å².